The highest BCUT2D eigenvalue weighted by molar-refractivity contribution is 7.85. The molecule has 0 atom stereocenters. The third kappa shape index (κ3) is 5.07. The molecule has 0 saturated carbocycles. The number of Topliss-reactive ketones (excluding diaryl/α,β-unsaturated/α-hetero) is 1. The largest absolute Gasteiger partial charge is 0.744 e. The molecule has 3 aromatic carbocycles. The normalized spacial score (nSPS) is 11.2. The van der Waals surface area contributed by atoms with Gasteiger partial charge in [-0.25, -0.2) is 8.42 Å². The molecule has 31 heavy (non-hydrogen) atoms. The Morgan fingerprint density at radius 2 is 1.52 bits per heavy atom. The molecule has 1 N–H and O–H groups in total. The van der Waals surface area contributed by atoms with Crippen molar-refractivity contribution in [3.05, 3.63) is 82.9 Å². The first-order valence-electron chi connectivity index (χ1n) is 9.72. The minimum atomic E-state index is -4.79. The molecule has 0 aliphatic heterocycles. The van der Waals surface area contributed by atoms with Gasteiger partial charge in [0.1, 0.15) is 10.1 Å². The van der Waals surface area contributed by atoms with Gasteiger partial charge in [-0.05, 0) is 66.8 Å². The second kappa shape index (κ2) is 8.83. The van der Waals surface area contributed by atoms with Gasteiger partial charge in [-0.3, -0.25) is 9.59 Å². The van der Waals surface area contributed by atoms with E-state index in [0.29, 0.717) is 22.3 Å². The van der Waals surface area contributed by atoms with Gasteiger partial charge < -0.3 is 9.87 Å². The average Bonchev–Trinajstić information content (AvgIpc) is 2.73. The molecule has 160 valence electrons. The molecule has 0 heterocycles. The quantitative estimate of drug-likeness (QED) is 0.450. The molecule has 6 nitrogen and oxygen atoms in total. The van der Waals surface area contributed by atoms with Crippen molar-refractivity contribution in [1.29, 1.82) is 0 Å². The summed E-state index contributed by atoms with van der Waals surface area (Å²) < 4.78 is 35.9. The van der Waals surface area contributed by atoms with Crippen LogP contribution in [0, 0.1) is 6.92 Å². The third-order valence-electron chi connectivity index (χ3n) is 5.05. The molecule has 0 aromatic heterocycles. The van der Waals surface area contributed by atoms with Crippen LogP contribution in [0.25, 0.3) is 11.1 Å². The van der Waals surface area contributed by atoms with Gasteiger partial charge in [-0.1, -0.05) is 43.3 Å². The topological polar surface area (TPSA) is 103 Å². The zero-order chi connectivity index (χ0) is 22.8. The van der Waals surface area contributed by atoms with Crippen molar-refractivity contribution in [2.45, 2.75) is 32.1 Å². The molecule has 0 fully saturated rings. The van der Waals surface area contributed by atoms with Crippen molar-refractivity contribution in [3.63, 3.8) is 0 Å². The summed E-state index contributed by atoms with van der Waals surface area (Å²) in [5.74, 6) is -0.601. The highest BCUT2D eigenvalue weighted by atomic mass is 32.2. The molecule has 0 aliphatic rings. The van der Waals surface area contributed by atoms with E-state index < -0.39 is 20.9 Å². The van der Waals surface area contributed by atoms with E-state index in [1.165, 1.54) is 43.3 Å². The van der Waals surface area contributed by atoms with Crippen molar-refractivity contribution in [3.8, 4) is 11.1 Å². The van der Waals surface area contributed by atoms with Crippen molar-refractivity contribution >= 4 is 27.5 Å². The van der Waals surface area contributed by atoms with Crippen LogP contribution in [0.5, 0.6) is 0 Å². The summed E-state index contributed by atoms with van der Waals surface area (Å²) in [6.45, 7) is 5.31. The molecule has 0 saturated heterocycles. The summed E-state index contributed by atoms with van der Waals surface area (Å²) in [4.78, 5) is 23.5. The monoisotopic (exact) mass is 436 g/mol. The van der Waals surface area contributed by atoms with Crippen LogP contribution in [0.4, 0.5) is 5.69 Å². The van der Waals surface area contributed by atoms with Crippen LogP contribution < -0.4 is 5.32 Å². The van der Waals surface area contributed by atoms with Crippen molar-refractivity contribution in [2.75, 3.05) is 5.32 Å². The smallest absolute Gasteiger partial charge is 0.255 e. The molecule has 0 spiro atoms. The third-order valence-corrected chi connectivity index (χ3v) is 5.93. The first-order valence-corrected chi connectivity index (χ1v) is 11.1. The summed E-state index contributed by atoms with van der Waals surface area (Å²) in [5.41, 5.74) is 3.85. The van der Waals surface area contributed by atoms with Crippen LogP contribution in [0.15, 0.2) is 65.6 Å². The van der Waals surface area contributed by atoms with E-state index in [1.54, 1.807) is 12.1 Å². The lowest BCUT2D eigenvalue weighted by Crippen LogP contribution is -2.13. The van der Waals surface area contributed by atoms with E-state index in [-0.39, 0.29) is 11.5 Å². The molecule has 0 radical (unpaired) electrons. The maximum Gasteiger partial charge on any atom is 0.255 e. The van der Waals surface area contributed by atoms with Gasteiger partial charge in [0, 0.05) is 16.8 Å². The van der Waals surface area contributed by atoms with Crippen molar-refractivity contribution < 1.29 is 22.6 Å². The van der Waals surface area contributed by atoms with E-state index in [2.05, 4.69) is 5.32 Å². The Kier molecular flexibility index (Phi) is 6.38. The Morgan fingerprint density at radius 3 is 2.06 bits per heavy atom. The van der Waals surface area contributed by atoms with Gasteiger partial charge in [-0.15, -0.1) is 0 Å². The fourth-order valence-electron chi connectivity index (χ4n) is 3.34. The van der Waals surface area contributed by atoms with Crippen LogP contribution in [0.3, 0.4) is 0 Å². The molecule has 1 amide bonds. The zero-order valence-corrected chi connectivity index (χ0v) is 18.2. The highest BCUT2D eigenvalue weighted by Gasteiger charge is 2.15. The number of anilines is 1. The Bertz CT molecular complexity index is 1260. The number of carbonyl (C=O) groups excluding carboxylic acids is 2. The van der Waals surface area contributed by atoms with Gasteiger partial charge in [0.05, 0.1) is 4.90 Å². The van der Waals surface area contributed by atoms with Crippen molar-refractivity contribution in [2.24, 2.45) is 0 Å². The van der Waals surface area contributed by atoms with Gasteiger partial charge >= 0.3 is 0 Å². The second-order valence-corrected chi connectivity index (χ2v) is 8.60. The lowest BCUT2D eigenvalue weighted by Gasteiger charge is -2.17. The van der Waals surface area contributed by atoms with E-state index in [1.807, 2.05) is 26.0 Å². The zero-order valence-electron chi connectivity index (χ0n) is 17.4. The molecule has 3 aromatic rings. The van der Waals surface area contributed by atoms with E-state index in [9.17, 15) is 22.6 Å². The average molecular weight is 437 g/mol. The van der Waals surface area contributed by atoms with E-state index in [0.717, 1.165) is 17.5 Å². The summed E-state index contributed by atoms with van der Waals surface area (Å²) in [7, 11) is -4.79. The Morgan fingerprint density at radius 1 is 0.903 bits per heavy atom. The number of benzene rings is 3. The first kappa shape index (κ1) is 22.4. The fraction of sp³-hybridized carbons (Fsp3) is 0.167. The van der Waals surface area contributed by atoms with E-state index in [4.69, 9.17) is 0 Å². The summed E-state index contributed by atoms with van der Waals surface area (Å²) in [5, 5.41) is 2.60. The Hall–Kier alpha value is -3.29. The van der Waals surface area contributed by atoms with Gasteiger partial charge in [-0.2, -0.15) is 0 Å². The number of nitrogens with one attached hydrogen (secondary N) is 1. The predicted octanol–water partition coefficient (Wildman–Crippen LogP) is 4.58. The molecule has 0 unspecified atom stereocenters. The number of rotatable bonds is 6. The SMILES string of the molecule is CCc1ccc(-c2ccc(NC(=O)c3ccc(C(C)=O)cc3)cc2S(=O)(=O)[O-])c(C)c1. The first-order chi connectivity index (χ1) is 14.6. The molecular formula is C24H22NO5S-. The standard InChI is InChI=1S/C24H23NO5S/c1-4-17-5-11-21(15(2)13-17)22-12-10-20(14-23(22)31(28,29)30)25-24(27)19-8-6-18(7-9-19)16(3)26/h5-14H,4H2,1-3H3,(H,25,27)(H,28,29,30)/p-1. The minimum absolute atomic E-state index is 0.116. The Labute approximate surface area is 181 Å². The summed E-state index contributed by atoms with van der Waals surface area (Å²) in [6, 6.07) is 16.0. The van der Waals surface area contributed by atoms with Crippen LogP contribution >= 0.6 is 0 Å². The molecule has 0 aliphatic carbocycles. The lowest BCUT2D eigenvalue weighted by atomic mass is 9.97. The predicted molar refractivity (Wildman–Crippen MR) is 118 cm³/mol. The number of ketones is 1. The number of hydrogen-bond donors (Lipinski definition) is 1. The molecule has 3 rings (SSSR count). The maximum absolute atomic E-state index is 12.5. The van der Waals surface area contributed by atoms with Crippen molar-refractivity contribution in [1.82, 2.24) is 0 Å². The minimum Gasteiger partial charge on any atom is -0.744 e. The number of hydrogen-bond acceptors (Lipinski definition) is 5. The summed E-state index contributed by atoms with van der Waals surface area (Å²) in [6.07, 6.45) is 0.839. The fourth-order valence-corrected chi connectivity index (χ4v) is 4.06. The van der Waals surface area contributed by atoms with Crippen LogP contribution in [0.1, 0.15) is 45.7 Å². The van der Waals surface area contributed by atoms with Gasteiger partial charge in [0.15, 0.2) is 5.78 Å². The molecular weight excluding hydrogens is 414 g/mol. The number of amides is 1. The van der Waals surface area contributed by atoms with Gasteiger partial charge in [0.25, 0.3) is 5.91 Å². The number of aryl methyl sites for hydroxylation is 2. The molecule has 0 bridgehead atoms. The highest BCUT2D eigenvalue weighted by Crippen LogP contribution is 2.32. The summed E-state index contributed by atoms with van der Waals surface area (Å²) >= 11 is 0. The van der Waals surface area contributed by atoms with Crippen LogP contribution in [0.2, 0.25) is 0 Å². The van der Waals surface area contributed by atoms with Crippen LogP contribution in [-0.2, 0) is 16.5 Å². The second-order valence-electron chi connectivity index (χ2n) is 7.26. The molecule has 7 heteroatoms. The van der Waals surface area contributed by atoms with Crippen LogP contribution in [-0.4, -0.2) is 24.7 Å². The van der Waals surface area contributed by atoms with E-state index >= 15 is 0 Å². The Balaban J connectivity index is 1.97. The lowest BCUT2D eigenvalue weighted by molar-refractivity contribution is 0.100. The number of carbonyl (C=O) groups is 2. The van der Waals surface area contributed by atoms with Gasteiger partial charge in [0.2, 0.25) is 0 Å². The maximum atomic E-state index is 12.5.